The highest BCUT2D eigenvalue weighted by molar-refractivity contribution is 7.89. The lowest BCUT2D eigenvalue weighted by molar-refractivity contribution is -0.124. The van der Waals surface area contributed by atoms with Gasteiger partial charge in [0.15, 0.2) is 6.61 Å². The monoisotopic (exact) mass is 356 g/mol. The van der Waals surface area contributed by atoms with Gasteiger partial charge in [-0.25, -0.2) is 17.9 Å². The third-order valence-corrected chi connectivity index (χ3v) is 4.72. The lowest BCUT2D eigenvalue weighted by Crippen LogP contribution is -2.35. The SMILES string of the molecule is CCC[C@H](C)NC(=O)COC(=O)c1cccc(S(=O)(=O)NCC)c1. The van der Waals surface area contributed by atoms with Gasteiger partial charge in [0.2, 0.25) is 10.0 Å². The van der Waals surface area contributed by atoms with E-state index in [2.05, 4.69) is 10.0 Å². The van der Waals surface area contributed by atoms with Gasteiger partial charge in [0, 0.05) is 12.6 Å². The minimum atomic E-state index is -3.66. The highest BCUT2D eigenvalue weighted by atomic mass is 32.2. The number of nitrogens with one attached hydrogen (secondary N) is 2. The van der Waals surface area contributed by atoms with Crippen LogP contribution in [0.4, 0.5) is 0 Å². The molecule has 0 aliphatic heterocycles. The second-order valence-electron chi connectivity index (χ2n) is 5.36. The van der Waals surface area contributed by atoms with Gasteiger partial charge in [-0.15, -0.1) is 0 Å². The van der Waals surface area contributed by atoms with Crippen molar-refractivity contribution in [2.75, 3.05) is 13.2 Å². The Labute approximate surface area is 142 Å². The number of esters is 1. The first-order valence-corrected chi connectivity index (χ1v) is 9.34. The summed E-state index contributed by atoms with van der Waals surface area (Å²) < 4.78 is 31.1. The first-order chi connectivity index (χ1) is 11.3. The molecule has 1 amide bonds. The summed E-state index contributed by atoms with van der Waals surface area (Å²) >= 11 is 0. The van der Waals surface area contributed by atoms with Gasteiger partial charge in [0.05, 0.1) is 10.5 Å². The van der Waals surface area contributed by atoms with Gasteiger partial charge in [-0.2, -0.15) is 0 Å². The van der Waals surface area contributed by atoms with Crippen LogP contribution in [0.15, 0.2) is 29.2 Å². The van der Waals surface area contributed by atoms with Crippen LogP contribution in [0.3, 0.4) is 0 Å². The summed E-state index contributed by atoms with van der Waals surface area (Å²) in [6, 6.07) is 5.50. The topological polar surface area (TPSA) is 102 Å². The first-order valence-electron chi connectivity index (χ1n) is 7.86. The Morgan fingerprint density at radius 3 is 2.58 bits per heavy atom. The van der Waals surface area contributed by atoms with E-state index in [0.29, 0.717) is 0 Å². The molecule has 0 bridgehead atoms. The van der Waals surface area contributed by atoms with E-state index in [1.54, 1.807) is 6.92 Å². The molecule has 1 atom stereocenters. The molecule has 7 nitrogen and oxygen atoms in total. The average molecular weight is 356 g/mol. The number of carbonyl (C=O) groups is 2. The molecule has 0 unspecified atom stereocenters. The van der Waals surface area contributed by atoms with Crippen LogP contribution in [-0.4, -0.2) is 39.5 Å². The predicted molar refractivity (Wildman–Crippen MR) is 90.1 cm³/mol. The molecule has 0 spiro atoms. The van der Waals surface area contributed by atoms with Gasteiger partial charge in [-0.1, -0.05) is 26.3 Å². The fraction of sp³-hybridized carbons (Fsp3) is 0.500. The highest BCUT2D eigenvalue weighted by Gasteiger charge is 2.17. The number of benzene rings is 1. The Bertz CT molecular complexity index is 673. The van der Waals surface area contributed by atoms with Crippen molar-refractivity contribution in [1.29, 1.82) is 0 Å². The van der Waals surface area contributed by atoms with Crippen molar-refractivity contribution in [1.82, 2.24) is 10.0 Å². The fourth-order valence-electron chi connectivity index (χ4n) is 2.10. The maximum Gasteiger partial charge on any atom is 0.338 e. The van der Waals surface area contributed by atoms with Crippen LogP contribution in [0.2, 0.25) is 0 Å². The molecule has 1 rings (SSSR count). The minimum Gasteiger partial charge on any atom is -0.452 e. The fourth-order valence-corrected chi connectivity index (χ4v) is 3.19. The molecule has 0 aliphatic rings. The summed E-state index contributed by atoms with van der Waals surface area (Å²) in [6.45, 7) is 5.38. The molecular formula is C16H24N2O5S. The van der Waals surface area contributed by atoms with Crippen LogP contribution in [0.25, 0.3) is 0 Å². The van der Waals surface area contributed by atoms with E-state index >= 15 is 0 Å². The third-order valence-electron chi connectivity index (χ3n) is 3.18. The lowest BCUT2D eigenvalue weighted by atomic mass is 10.2. The van der Waals surface area contributed by atoms with E-state index in [-0.39, 0.29) is 29.0 Å². The number of amides is 1. The Kier molecular flexibility index (Phi) is 7.87. The van der Waals surface area contributed by atoms with E-state index < -0.39 is 22.6 Å². The maximum atomic E-state index is 12.0. The van der Waals surface area contributed by atoms with Gasteiger partial charge >= 0.3 is 5.97 Å². The molecule has 2 N–H and O–H groups in total. The molecule has 0 fully saturated rings. The molecule has 24 heavy (non-hydrogen) atoms. The van der Waals surface area contributed by atoms with Crippen LogP contribution in [-0.2, 0) is 19.6 Å². The quantitative estimate of drug-likeness (QED) is 0.652. The van der Waals surface area contributed by atoms with E-state index in [4.69, 9.17) is 4.74 Å². The summed E-state index contributed by atoms with van der Waals surface area (Å²) in [5.74, 6) is -1.14. The predicted octanol–water partition coefficient (Wildman–Crippen LogP) is 1.45. The normalized spacial score (nSPS) is 12.5. The number of hydrogen-bond acceptors (Lipinski definition) is 5. The van der Waals surface area contributed by atoms with Crippen molar-refractivity contribution >= 4 is 21.9 Å². The second kappa shape index (κ2) is 9.39. The summed E-state index contributed by atoms with van der Waals surface area (Å²) in [5.41, 5.74) is 0.0726. The number of sulfonamides is 1. The average Bonchev–Trinajstić information content (AvgIpc) is 2.53. The number of ether oxygens (including phenoxy) is 1. The van der Waals surface area contributed by atoms with Gasteiger partial charge in [0.1, 0.15) is 0 Å². The first kappa shape index (κ1) is 20.1. The van der Waals surface area contributed by atoms with Gasteiger partial charge in [-0.05, 0) is 31.5 Å². The summed E-state index contributed by atoms with van der Waals surface area (Å²) in [5, 5.41) is 2.72. The van der Waals surface area contributed by atoms with Crippen molar-refractivity contribution in [3.05, 3.63) is 29.8 Å². The van der Waals surface area contributed by atoms with Gasteiger partial charge in [-0.3, -0.25) is 4.79 Å². The molecule has 0 radical (unpaired) electrons. The van der Waals surface area contributed by atoms with Crippen molar-refractivity contribution in [2.45, 2.75) is 44.6 Å². The van der Waals surface area contributed by atoms with Crippen molar-refractivity contribution < 1.29 is 22.7 Å². The van der Waals surface area contributed by atoms with E-state index in [0.717, 1.165) is 12.8 Å². The van der Waals surface area contributed by atoms with E-state index in [1.165, 1.54) is 24.3 Å². The molecule has 0 saturated carbocycles. The van der Waals surface area contributed by atoms with Crippen LogP contribution in [0.5, 0.6) is 0 Å². The molecular weight excluding hydrogens is 332 g/mol. The molecule has 0 heterocycles. The number of carbonyl (C=O) groups excluding carboxylic acids is 2. The standard InChI is InChI=1S/C16H24N2O5S/c1-4-7-12(3)18-15(19)11-23-16(20)13-8-6-9-14(10-13)24(21,22)17-5-2/h6,8-10,12,17H,4-5,7,11H2,1-3H3,(H,18,19)/t12-/m0/s1. The summed E-state index contributed by atoms with van der Waals surface area (Å²) in [6.07, 6.45) is 1.78. The van der Waals surface area contributed by atoms with Crippen molar-refractivity contribution in [2.24, 2.45) is 0 Å². The van der Waals surface area contributed by atoms with Crippen molar-refractivity contribution in [3.8, 4) is 0 Å². The van der Waals surface area contributed by atoms with Gasteiger partial charge < -0.3 is 10.1 Å². The Morgan fingerprint density at radius 2 is 1.96 bits per heavy atom. The largest absolute Gasteiger partial charge is 0.452 e. The lowest BCUT2D eigenvalue weighted by Gasteiger charge is -2.13. The number of rotatable bonds is 9. The Balaban J connectivity index is 2.67. The molecule has 0 aromatic heterocycles. The smallest absolute Gasteiger partial charge is 0.338 e. The molecule has 134 valence electrons. The molecule has 1 aromatic rings. The van der Waals surface area contributed by atoms with E-state index in [1.807, 2.05) is 13.8 Å². The Morgan fingerprint density at radius 1 is 1.25 bits per heavy atom. The van der Waals surface area contributed by atoms with Crippen LogP contribution in [0.1, 0.15) is 44.0 Å². The zero-order chi connectivity index (χ0) is 18.2. The molecule has 0 saturated heterocycles. The minimum absolute atomic E-state index is 0.00907. The highest BCUT2D eigenvalue weighted by Crippen LogP contribution is 2.12. The molecule has 0 aliphatic carbocycles. The van der Waals surface area contributed by atoms with E-state index in [9.17, 15) is 18.0 Å². The summed E-state index contributed by atoms with van der Waals surface area (Å²) in [7, 11) is -3.66. The maximum absolute atomic E-state index is 12.0. The van der Waals surface area contributed by atoms with Crippen LogP contribution >= 0.6 is 0 Å². The Hall–Kier alpha value is -1.93. The third kappa shape index (κ3) is 6.29. The number of hydrogen-bond donors (Lipinski definition) is 2. The molecule has 8 heteroatoms. The molecule has 1 aromatic carbocycles. The van der Waals surface area contributed by atoms with Crippen LogP contribution in [0, 0.1) is 0 Å². The zero-order valence-corrected chi connectivity index (χ0v) is 15.0. The van der Waals surface area contributed by atoms with Crippen molar-refractivity contribution in [3.63, 3.8) is 0 Å². The second-order valence-corrected chi connectivity index (χ2v) is 7.13. The zero-order valence-electron chi connectivity index (χ0n) is 14.2. The van der Waals surface area contributed by atoms with Crippen LogP contribution < -0.4 is 10.0 Å². The van der Waals surface area contributed by atoms with Gasteiger partial charge in [0.25, 0.3) is 5.91 Å². The summed E-state index contributed by atoms with van der Waals surface area (Å²) in [4.78, 5) is 23.6.